The first kappa shape index (κ1) is 14.6. The molecule has 1 heterocycles. The number of methoxy groups -OCH3 is 1. The van der Waals surface area contributed by atoms with Crippen LogP contribution in [0.15, 0.2) is 34.7 Å². The number of amides is 1. The van der Waals surface area contributed by atoms with E-state index in [1.807, 2.05) is 18.4 Å². The Morgan fingerprint density at radius 2 is 2.25 bits per heavy atom. The minimum absolute atomic E-state index is 0.347. The van der Waals surface area contributed by atoms with E-state index >= 15 is 0 Å². The van der Waals surface area contributed by atoms with Gasteiger partial charge in [0, 0.05) is 9.90 Å². The second kappa shape index (κ2) is 6.54. The van der Waals surface area contributed by atoms with E-state index in [2.05, 4.69) is 10.5 Å². The van der Waals surface area contributed by atoms with E-state index in [1.54, 1.807) is 35.8 Å². The van der Waals surface area contributed by atoms with Crippen molar-refractivity contribution in [1.29, 1.82) is 0 Å². The van der Waals surface area contributed by atoms with Crippen molar-refractivity contribution in [3.63, 3.8) is 0 Å². The lowest BCUT2D eigenvalue weighted by Crippen LogP contribution is -2.18. The van der Waals surface area contributed by atoms with Gasteiger partial charge in [0.05, 0.1) is 18.9 Å². The van der Waals surface area contributed by atoms with Crippen LogP contribution in [0.3, 0.4) is 0 Å². The molecule has 0 saturated carbocycles. The second-order valence-corrected chi connectivity index (χ2v) is 5.40. The number of ether oxygens (including phenoxy) is 1. The van der Waals surface area contributed by atoms with E-state index in [1.165, 1.54) is 7.11 Å². The van der Waals surface area contributed by atoms with Crippen LogP contribution in [-0.4, -0.2) is 19.2 Å². The highest BCUT2D eigenvalue weighted by molar-refractivity contribution is 7.11. The van der Waals surface area contributed by atoms with Crippen LogP contribution in [0, 0.1) is 6.92 Å². The molecular weight excluding hydrogens is 296 g/mol. The summed E-state index contributed by atoms with van der Waals surface area (Å²) in [6.07, 6.45) is 1.62. The first-order valence-corrected chi connectivity index (χ1v) is 7.08. The Hall–Kier alpha value is -1.85. The van der Waals surface area contributed by atoms with Gasteiger partial charge in [-0.3, -0.25) is 4.79 Å². The number of carbonyl (C=O) groups excluding carboxylic acids is 1. The predicted octanol–water partition coefficient (Wildman–Crippen LogP) is 3.48. The Labute approximate surface area is 126 Å². The largest absolute Gasteiger partial charge is 0.496 e. The molecule has 6 heteroatoms. The fourth-order valence-electron chi connectivity index (χ4n) is 1.58. The second-order valence-electron chi connectivity index (χ2n) is 4.01. The quantitative estimate of drug-likeness (QED) is 0.694. The highest BCUT2D eigenvalue weighted by Crippen LogP contribution is 2.22. The number of hydrazone groups is 1. The van der Waals surface area contributed by atoms with Crippen LogP contribution in [0.25, 0.3) is 0 Å². The Kier molecular flexibility index (Phi) is 4.76. The molecule has 0 aliphatic rings. The average molecular weight is 309 g/mol. The average Bonchev–Trinajstić information content (AvgIpc) is 2.84. The highest BCUT2D eigenvalue weighted by Gasteiger charge is 2.12. The molecule has 1 aromatic carbocycles. The summed E-state index contributed by atoms with van der Waals surface area (Å²) in [7, 11) is 1.50. The maximum atomic E-state index is 12.0. The molecule has 1 N–H and O–H groups in total. The zero-order valence-corrected chi connectivity index (χ0v) is 12.6. The summed E-state index contributed by atoms with van der Waals surface area (Å²) in [6, 6.07) is 6.84. The summed E-state index contributed by atoms with van der Waals surface area (Å²) in [6.45, 7) is 1.99. The van der Waals surface area contributed by atoms with E-state index < -0.39 is 0 Å². The third-order valence-electron chi connectivity index (χ3n) is 2.66. The van der Waals surface area contributed by atoms with Gasteiger partial charge < -0.3 is 4.74 Å². The van der Waals surface area contributed by atoms with Crippen LogP contribution in [0.5, 0.6) is 5.75 Å². The number of nitrogens with one attached hydrogen (secondary N) is 1. The molecule has 1 aromatic heterocycles. The summed E-state index contributed by atoms with van der Waals surface area (Å²) < 4.78 is 5.12. The lowest BCUT2D eigenvalue weighted by Gasteiger charge is -2.07. The third kappa shape index (κ3) is 3.37. The fraction of sp³-hybridized carbons (Fsp3) is 0.143. The number of rotatable bonds is 4. The number of hydrogen-bond donors (Lipinski definition) is 1. The number of thiophene rings is 1. The minimum atomic E-state index is -0.366. The zero-order valence-electron chi connectivity index (χ0n) is 11.0. The number of nitrogens with zero attached hydrogens (tertiary/aromatic N) is 1. The molecule has 0 aliphatic carbocycles. The Morgan fingerprint density at radius 1 is 1.45 bits per heavy atom. The third-order valence-corrected chi connectivity index (χ3v) is 3.84. The molecule has 0 aliphatic heterocycles. The molecular formula is C14H13ClN2O2S. The van der Waals surface area contributed by atoms with Crippen molar-refractivity contribution in [3.05, 3.63) is 50.7 Å². The molecule has 2 aromatic rings. The molecule has 0 radical (unpaired) electrons. The molecule has 0 atom stereocenters. The van der Waals surface area contributed by atoms with Crippen LogP contribution in [0.4, 0.5) is 0 Å². The number of hydrogen-bond acceptors (Lipinski definition) is 4. The standard InChI is InChI=1S/C14H13ClN2O2S/c1-9-5-6-20-13(9)8-16-17-14(18)11-7-10(15)3-4-12(11)19-2/h3-8H,1-2H3,(H,17,18). The van der Waals surface area contributed by atoms with Gasteiger partial charge in [0.25, 0.3) is 5.91 Å². The topological polar surface area (TPSA) is 50.7 Å². The van der Waals surface area contributed by atoms with Crippen molar-refractivity contribution < 1.29 is 9.53 Å². The highest BCUT2D eigenvalue weighted by atomic mass is 35.5. The maximum absolute atomic E-state index is 12.0. The van der Waals surface area contributed by atoms with Gasteiger partial charge in [-0.25, -0.2) is 5.43 Å². The van der Waals surface area contributed by atoms with Crippen LogP contribution >= 0.6 is 22.9 Å². The van der Waals surface area contributed by atoms with E-state index in [0.29, 0.717) is 16.3 Å². The van der Waals surface area contributed by atoms with E-state index in [-0.39, 0.29) is 5.91 Å². The van der Waals surface area contributed by atoms with Crippen molar-refractivity contribution >= 4 is 35.1 Å². The Bertz CT molecular complexity index is 652. The van der Waals surface area contributed by atoms with Crippen molar-refractivity contribution in [3.8, 4) is 5.75 Å². The van der Waals surface area contributed by atoms with Gasteiger partial charge in [-0.15, -0.1) is 11.3 Å². The fourth-order valence-corrected chi connectivity index (χ4v) is 2.54. The molecule has 0 fully saturated rings. The number of carbonyl (C=O) groups is 1. The molecule has 1 amide bonds. The molecule has 20 heavy (non-hydrogen) atoms. The predicted molar refractivity (Wildman–Crippen MR) is 82.1 cm³/mol. The smallest absolute Gasteiger partial charge is 0.275 e. The summed E-state index contributed by atoms with van der Waals surface area (Å²) in [5.74, 6) is 0.0872. The number of benzene rings is 1. The molecule has 104 valence electrons. The molecule has 4 nitrogen and oxygen atoms in total. The lowest BCUT2D eigenvalue weighted by atomic mass is 10.2. The van der Waals surface area contributed by atoms with Crippen LogP contribution in [0.2, 0.25) is 5.02 Å². The molecule has 0 unspecified atom stereocenters. The molecule has 0 spiro atoms. The van der Waals surface area contributed by atoms with Gasteiger partial charge in [-0.2, -0.15) is 5.10 Å². The summed E-state index contributed by atoms with van der Waals surface area (Å²) >= 11 is 7.44. The van der Waals surface area contributed by atoms with Crippen molar-refractivity contribution in [2.45, 2.75) is 6.92 Å². The summed E-state index contributed by atoms with van der Waals surface area (Å²) in [5.41, 5.74) is 3.93. The van der Waals surface area contributed by atoms with Gasteiger partial charge in [0.1, 0.15) is 5.75 Å². The Balaban J connectivity index is 2.11. The van der Waals surface area contributed by atoms with E-state index in [4.69, 9.17) is 16.3 Å². The van der Waals surface area contributed by atoms with Crippen molar-refractivity contribution in [2.75, 3.05) is 7.11 Å². The molecule has 0 bridgehead atoms. The Morgan fingerprint density at radius 3 is 2.90 bits per heavy atom. The maximum Gasteiger partial charge on any atom is 0.275 e. The van der Waals surface area contributed by atoms with Gasteiger partial charge in [0.2, 0.25) is 0 Å². The van der Waals surface area contributed by atoms with E-state index in [9.17, 15) is 4.79 Å². The first-order chi connectivity index (χ1) is 9.61. The zero-order chi connectivity index (χ0) is 14.5. The van der Waals surface area contributed by atoms with Gasteiger partial charge in [0.15, 0.2) is 0 Å². The molecule has 0 saturated heterocycles. The van der Waals surface area contributed by atoms with Gasteiger partial charge in [-0.05, 0) is 42.1 Å². The number of halogens is 1. The van der Waals surface area contributed by atoms with Crippen LogP contribution in [0.1, 0.15) is 20.8 Å². The van der Waals surface area contributed by atoms with Crippen molar-refractivity contribution in [1.82, 2.24) is 5.43 Å². The molecule has 2 rings (SSSR count). The van der Waals surface area contributed by atoms with Crippen LogP contribution in [-0.2, 0) is 0 Å². The SMILES string of the molecule is COc1ccc(Cl)cc1C(=O)NN=Cc1sccc1C. The van der Waals surface area contributed by atoms with Crippen molar-refractivity contribution in [2.24, 2.45) is 5.10 Å². The normalized spacial score (nSPS) is 10.8. The van der Waals surface area contributed by atoms with Gasteiger partial charge >= 0.3 is 0 Å². The first-order valence-electron chi connectivity index (χ1n) is 5.83. The van der Waals surface area contributed by atoms with Crippen LogP contribution < -0.4 is 10.2 Å². The monoisotopic (exact) mass is 308 g/mol. The summed E-state index contributed by atoms with van der Waals surface area (Å²) in [5, 5.41) is 6.38. The minimum Gasteiger partial charge on any atom is -0.496 e. The number of aryl methyl sites for hydroxylation is 1. The summed E-state index contributed by atoms with van der Waals surface area (Å²) in [4.78, 5) is 13.0. The lowest BCUT2D eigenvalue weighted by molar-refractivity contribution is 0.0952. The van der Waals surface area contributed by atoms with Gasteiger partial charge in [-0.1, -0.05) is 11.6 Å². The van der Waals surface area contributed by atoms with E-state index in [0.717, 1.165) is 10.4 Å².